The molecule has 0 N–H and O–H groups in total. The Morgan fingerprint density at radius 3 is 2.35 bits per heavy atom. The minimum Gasteiger partial charge on any atom is -0.493 e. The molecule has 226 valence electrons. The quantitative estimate of drug-likeness (QED) is 0.167. The van der Waals surface area contributed by atoms with E-state index in [0.717, 1.165) is 73.3 Å². The van der Waals surface area contributed by atoms with Crippen LogP contribution in [0.3, 0.4) is 0 Å². The molecule has 1 fully saturated rings. The summed E-state index contributed by atoms with van der Waals surface area (Å²) in [5, 5.41) is 2.87. The predicted octanol–water partition coefficient (Wildman–Crippen LogP) is 6.86. The standard InChI is InChI=1S/C35H41N3O4S/c1-26-15-19-38(20-16-26)35(39)31-25-43-34(36-31)23-37(18-17-27-11-14-32(40-2)33(21-27)41-3)22-28-9-12-30(13-10-28)42-24-29-7-5-4-6-8-29/h4-14,21,25-26H,15-20,22-24H2,1-3H3. The molecular weight excluding hydrogens is 558 g/mol. The van der Waals surface area contributed by atoms with Crippen LogP contribution in [-0.2, 0) is 26.1 Å². The van der Waals surface area contributed by atoms with Gasteiger partial charge in [-0.05, 0) is 66.1 Å². The van der Waals surface area contributed by atoms with Gasteiger partial charge in [-0.15, -0.1) is 11.3 Å². The molecule has 0 saturated carbocycles. The minimum atomic E-state index is 0.0531. The zero-order valence-corrected chi connectivity index (χ0v) is 26.1. The van der Waals surface area contributed by atoms with Crippen molar-refractivity contribution >= 4 is 17.2 Å². The molecule has 0 unspecified atom stereocenters. The van der Waals surface area contributed by atoms with Crippen LogP contribution in [0.15, 0.2) is 78.2 Å². The third-order valence-electron chi connectivity index (χ3n) is 7.94. The van der Waals surface area contributed by atoms with E-state index in [1.165, 1.54) is 11.1 Å². The van der Waals surface area contributed by atoms with Gasteiger partial charge in [0, 0.05) is 31.6 Å². The Kier molecular flexibility index (Phi) is 10.7. The maximum atomic E-state index is 13.1. The second kappa shape index (κ2) is 15.0. The van der Waals surface area contributed by atoms with Crippen molar-refractivity contribution in [3.63, 3.8) is 0 Å². The lowest BCUT2D eigenvalue weighted by molar-refractivity contribution is 0.0691. The number of carbonyl (C=O) groups is 1. The van der Waals surface area contributed by atoms with Crippen LogP contribution >= 0.6 is 11.3 Å². The smallest absolute Gasteiger partial charge is 0.273 e. The Morgan fingerprint density at radius 2 is 1.63 bits per heavy atom. The largest absolute Gasteiger partial charge is 0.493 e. The molecule has 0 bridgehead atoms. The summed E-state index contributed by atoms with van der Waals surface area (Å²) in [7, 11) is 3.31. The third-order valence-corrected chi connectivity index (χ3v) is 8.78. The lowest BCUT2D eigenvalue weighted by Crippen LogP contribution is -2.38. The van der Waals surface area contributed by atoms with Gasteiger partial charge in [0.2, 0.25) is 0 Å². The number of piperidine rings is 1. The molecule has 2 heterocycles. The van der Waals surface area contributed by atoms with Crippen LogP contribution in [0.1, 0.15) is 52.0 Å². The average Bonchev–Trinajstić information content (AvgIpc) is 3.52. The van der Waals surface area contributed by atoms with E-state index in [0.29, 0.717) is 24.8 Å². The summed E-state index contributed by atoms with van der Waals surface area (Å²) in [6.45, 7) is 6.65. The molecule has 7 nitrogen and oxygen atoms in total. The molecule has 1 saturated heterocycles. The van der Waals surface area contributed by atoms with Gasteiger partial charge in [0.05, 0.1) is 20.8 Å². The Labute approximate surface area is 259 Å². The highest BCUT2D eigenvalue weighted by atomic mass is 32.1. The van der Waals surface area contributed by atoms with Gasteiger partial charge >= 0.3 is 0 Å². The number of aromatic nitrogens is 1. The van der Waals surface area contributed by atoms with Gasteiger partial charge in [-0.25, -0.2) is 4.98 Å². The first-order valence-corrected chi connectivity index (χ1v) is 15.8. The van der Waals surface area contributed by atoms with Gasteiger partial charge < -0.3 is 19.1 Å². The fraction of sp³-hybridized carbons (Fsp3) is 0.371. The monoisotopic (exact) mass is 599 g/mol. The molecule has 1 aliphatic rings. The number of thiazole rings is 1. The van der Waals surface area contributed by atoms with Crippen LogP contribution < -0.4 is 14.2 Å². The Hall–Kier alpha value is -3.88. The molecule has 0 atom stereocenters. The Bertz CT molecular complexity index is 1450. The number of carbonyl (C=O) groups excluding carboxylic acids is 1. The highest BCUT2D eigenvalue weighted by Gasteiger charge is 2.23. The number of amides is 1. The number of ether oxygens (including phenoxy) is 3. The molecule has 1 aromatic heterocycles. The van der Waals surface area contributed by atoms with Gasteiger partial charge in [-0.2, -0.15) is 0 Å². The summed E-state index contributed by atoms with van der Waals surface area (Å²) >= 11 is 1.56. The topological polar surface area (TPSA) is 64.1 Å². The SMILES string of the molecule is COc1ccc(CCN(Cc2ccc(OCc3ccccc3)cc2)Cc2nc(C(=O)N3CCC(C)CC3)cs2)cc1OC. The van der Waals surface area contributed by atoms with Crippen LogP contribution in [0.25, 0.3) is 0 Å². The lowest BCUT2D eigenvalue weighted by atomic mass is 9.99. The van der Waals surface area contributed by atoms with E-state index in [1.54, 1.807) is 25.6 Å². The van der Waals surface area contributed by atoms with E-state index in [9.17, 15) is 4.79 Å². The second-order valence-corrected chi connectivity index (χ2v) is 12.1. The van der Waals surface area contributed by atoms with Crippen LogP contribution in [0.5, 0.6) is 17.2 Å². The van der Waals surface area contributed by atoms with Crippen molar-refractivity contribution in [2.75, 3.05) is 33.9 Å². The molecule has 0 aliphatic carbocycles. The molecular formula is C35H41N3O4S. The number of likely N-dealkylation sites (tertiary alicyclic amines) is 1. The van der Waals surface area contributed by atoms with Crippen molar-refractivity contribution < 1.29 is 19.0 Å². The van der Waals surface area contributed by atoms with E-state index in [2.05, 4.69) is 42.2 Å². The highest BCUT2D eigenvalue weighted by molar-refractivity contribution is 7.09. The lowest BCUT2D eigenvalue weighted by Gasteiger charge is -2.29. The van der Waals surface area contributed by atoms with E-state index < -0.39 is 0 Å². The van der Waals surface area contributed by atoms with Crippen molar-refractivity contribution in [3.05, 3.63) is 106 Å². The van der Waals surface area contributed by atoms with Gasteiger partial charge in [-0.3, -0.25) is 9.69 Å². The fourth-order valence-electron chi connectivity index (χ4n) is 5.27. The number of hydrogen-bond donors (Lipinski definition) is 0. The Balaban J connectivity index is 1.26. The first-order valence-electron chi connectivity index (χ1n) is 14.9. The number of benzene rings is 3. The summed E-state index contributed by atoms with van der Waals surface area (Å²) in [6.07, 6.45) is 2.95. The molecule has 8 heteroatoms. The van der Waals surface area contributed by atoms with E-state index >= 15 is 0 Å². The first-order chi connectivity index (χ1) is 21.0. The highest BCUT2D eigenvalue weighted by Crippen LogP contribution is 2.28. The number of hydrogen-bond acceptors (Lipinski definition) is 7. The summed E-state index contributed by atoms with van der Waals surface area (Å²) < 4.78 is 16.9. The molecule has 1 aliphatic heterocycles. The molecule has 3 aromatic carbocycles. The van der Waals surface area contributed by atoms with Crippen molar-refractivity contribution in [3.8, 4) is 17.2 Å². The van der Waals surface area contributed by atoms with Crippen molar-refractivity contribution in [1.29, 1.82) is 0 Å². The third kappa shape index (κ3) is 8.58. The minimum absolute atomic E-state index is 0.0531. The maximum Gasteiger partial charge on any atom is 0.273 e. The van der Waals surface area contributed by atoms with Gasteiger partial charge in [0.25, 0.3) is 5.91 Å². The fourth-order valence-corrected chi connectivity index (χ4v) is 6.08. The zero-order valence-electron chi connectivity index (χ0n) is 25.3. The molecule has 0 radical (unpaired) electrons. The summed E-state index contributed by atoms with van der Waals surface area (Å²) in [6, 6.07) is 24.6. The summed E-state index contributed by atoms with van der Waals surface area (Å²) in [4.78, 5) is 22.2. The second-order valence-electron chi connectivity index (χ2n) is 11.2. The molecule has 1 amide bonds. The van der Waals surface area contributed by atoms with E-state index in [4.69, 9.17) is 19.2 Å². The molecule has 4 aromatic rings. The van der Waals surface area contributed by atoms with Crippen LogP contribution in [0.2, 0.25) is 0 Å². The zero-order chi connectivity index (χ0) is 30.0. The van der Waals surface area contributed by atoms with Gasteiger partial charge in [0.15, 0.2) is 11.5 Å². The summed E-state index contributed by atoms with van der Waals surface area (Å²) in [5.41, 5.74) is 4.06. The van der Waals surface area contributed by atoms with Crippen molar-refractivity contribution in [2.24, 2.45) is 5.92 Å². The predicted molar refractivity (Wildman–Crippen MR) is 171 cm³/mol. The summed E-state index contributed by atoms with van der Waals surface area (Å²) in [5.74, 6) is 3.03. The number of rotatable bonds is 13. The van der Waals surface area contributed by atoms with E-state index in [-0.39, 0.29) is 5.91 Å². The first kappa shape index (κ1) is 30.6. The Morgan fingerprint density at radius 1 is 0.907 bits per heavy atom. The van der Waals surface area contributed by atoms with E-state index in [1.807, 2.05) is 52.7 Å². The van der Waals surface area contributed by atoms with Crippen molar-refractivity contribution in [2.45, 2.75) is 45.9 Å². The number of nitrogens with zero attached hydrogens (tertiary/aromatic N) is 3. The number of methoxy groups -OCH3 is 2. The average molecular weight is 600 g/mol. The van der Waals surface area contributed by atoms with Crippen LogP contribution in [-0.4, -0.2) is 54.5 Å². The normalized spacial score (nSPS) is 13.7. The van der Waals surface area contributed by atoms with Gasteiger partial charge in [0.1, 0.15) is 23.1 Å². The van der Waals surface area contributed by atoms with Crippen molar-refractivity contribution in [1.82, 2.24) is 14.8 Å². The molecule has 5 rings (SSSR count). The molecule has 0 spiro atoms. The van der Waals surface area contributed by atoms with Gasteiger partial charge in [-0.1, -0.05) is 55.5 Å². The van der Waals surface area contributed by atoms with Crippen LogP contribution in [0.4, 0.5) is 0 Å². The maximum absolute atomic E-state index is 13.1. The molecule has 43 heavy (non-hydrogen) atoms. The van der Waals surface area contributed by atoms with Crippen LogP contribution in [0, 0.1) is 5.92 Å².